The maximum atomic E-state index is 12.4. The first kappa shape index (κ1) is 19.5. The van der Waals surface area contributed by atoms with Crippen LogP contribution in [-0.2, 0) is 14.3 Å². The summed E-state index contributed by atoms with van der Waals surface area (Å²) in [5.41, 5.74) is 7.95. The van der Waals surface area contributed by atoms with Gasteiger partial charge in [0.25, 0.3) is 5.91 Å². The van der Waals surface area contributed by atoms with E-state index in [1.807, 2.05) is 0 Å². The van der Waals surface area contributed by atoms with Crippen molar-refractivity contribution in [1.82, 2.24) is 15.8 Å². The van der Waals surface area contributed by atoms with Crippen LogP contribution < -0.4 is 16.5 Å². The highest BCUT2D eigenvalue weighted by atomic mass is 16.6. The fourth-order valence-electron chi connectivity index (χ4n) is 2.78. The predicted octanol–water partition coefficient (Wildman–Crippen LogP) is 0.908. The second-order valence-corrected chi connectivity index (χ2v) is 8.46. The smallest absolute Gasteiger partial charge is 0.429 e. The Morgan fingerprint density at radius 1 is 1.44 bits per heavy atom. The molecule has 0 aromatic heterocycles. The van der Waals surface area contributed by atoms with Crippen LogP contribution >= 0.6 is 0 Å². The zero-order valence-corrected chi connectivity index (χ0v) is 15.6. The largest absolute Gasteiger partial charge is 0.442 e. The van der Waals surface area contributed by atoms with Gasteiger partial charge in [0.05, 0.1) is 18.5 Å². The summed E-state index contributed by atoms with van der Waals surface area (Å²) in [4.78, 5) is 36.6. The van der Waals surface area contributed by atoms with Gasteiger partial charge in [0, 0.05) is 6.54 Å². The minimum Gasteiger partial charge on any atom is -0.442 e. The zero-order chi connectivity index (χ0) is 18.8. The van der Waals surface area contributed by atoms with Gasteiger partial charge in [-0.3, -0.25) is 15.0 Å². The van der Waals surface area contributed by atoms with E-state index in [0.29, 0.717) is 19.4 Å². The molecule has 1 aliphatic carbocycles. The van der Waals surface area contributed by atoms with Crippen LogP contribution in [0.5, 0.6) is 0 Å². The van der Waals surface area contributed by atoms with Gasteiger partial charge in [0.15, 0.2) is 0 Å². The van der Waals surface area contributed by atoms with E-state index < -0.39 is 23.6 Å². The zero-order valence-electron chi connectivity index (χ0n) is 15.6. The molecule has 25 heavy (non-hydrogen) atoms. The summed E-state index contributed by atoms with van der Waals surface area (Å²) >= 11 is 0. The van der Waals surface area contributed by atoms with Crippen LogP contribution in [0.25, 0.3) is 0 Å². The van der Waals surface area contributed by atoms with E-state index in [1.54, 1.807) is 20.8 Å². The first-order valence-corrected chi connectivity index (χ1v) is 8.83. The molecule has 8 nitrogen and oxygen atoms in total. The van der Waals surface area contributed by atoms with Crippen LogP contribution in [0.15, 0.2) is 0 Å². The third-order valence-electron chi connectivity index (χ3n) is 4.58. The van der Waals surface area contributed by atoms with Gasteiger partial charge in [0.2, 0.25) is 5.91 Å². The lowest BCUT2D eigenvalue weighted by Crippen LogP contribution is -2.55. The Labute approximate surface area is 148 Å². The fraction of sp³-hybridized carbons (Fsp3) is 0.824. The van der Waals surface area contributed by atoms with E-state index in [2.05, 4.69) is 17.7 Å². The predicted molar refractivity (Wildman–Crippen MR) is 92.1 cm³/mol. The summed E-state index contributed by atoms with van der Waals surface area (Å²) in [5.74, 6) is -0.931. The molecule has 3 amide bonds. The number of carbonyl (C=O) groups excluding carboxylic acids is 3. The lowest BCUT2D eigenvalue weighted by Gasteiger charge is -2.29. The van der Waals surface area contributed by atoms with Crippen LogP contribution in [-0.4, -0.2) is 47.6 Å². The maximum Gasteiger partial charge on any atom is 0.429 e. The number of ether oxygens (including phenoxy) is 1. The number of amides is 3. The number of hydrogen-bond donors (Lipinski definition) is 3. The maximum absolute atomic E-state index is 12.4. The number of hydrogen-bond acceptors (Lipinski definition) is 5. The first-order chi connectivity index (χ1) is 11.5. The van der Waals surface area contributed by atoms with Crippen molar-refractivity contribution in [3.05, 3.63) is 0 Å². The Morgan fingerprint density at radius 2 is 2.08 bits per heavy atom. The molecule has 0 bridgehead atoms. The lowest BCUT2D eigenvalue weighted by molar-refractivity contribution is -0.129. The average Bonchev–Trinajstić information content (AvgIpc) is 3.05. The summed E-state index contributed by atoms with van der Waals surface area (Å²) in [6, 6.07) is -0.699. The van der Waals surface area contributed by atoms with Gasteiger partial charge in [-0.2, -0.15) is 0 Å². The highest BCUT2D eigenvalue weighted by Crippen LogP contribution is 2.48. The summed E-state index contributed by atoms with van der Waals surface area (Å²) in [5, 5.41) is 3.80. The topological polar surface area (TPSA) is 114 Å². The van der Waals surface area contributed by atoms with Gasteiger partial charge in [-0.15, -0.1) is 0 Å². The van der Waals surface area contributed by atoms with Gasteiger partial charge in [0.1, 0.15) is 5.60 Å². The molecule has 4 N–H and O–H groups in total. The third-order valence-corrected chi connectivity index (χ3v) is 4.58. The quantitative estimate of drug-likeness (QED) is 0.635. The van der Waals surface area contributed by atoms with E-state index in [0.717, 1.165) is 17.9 Å². The highest BCUT2D eigenvalue weighted by Gasteiger charge is 2.40. The number of nitrogens with one attached hydrogen (secondary N) is 2. The number of rotatable bonds is 5. The Hall–Kier alpha value is -1.83. The molecule has 0 spiro atoms. The average molecular weight is 354 g/mol. The summed E-state index contributed by atoms with van der Waals surface area (Å²) in [7, 11) is 0. The van der Waals surface area contributed by atoms with Gasteiger partial charge < -0.3 is 15.8 Å². The second kappa shape index (κ2) is 7.19. The number of hydrazine groups is 1. The van der Waals surface area contributed by atoms with Crippen LogP contribution in [0.3, 0.4) is 0 Å². The van der Waals surface area contributed by atoms with Crippen molar-refractivity contribution in [3.63, 3.8) is 0 Å². The lowest BCUT2D eigenvalue weighted by atomic mass is 9.99. The molecule has 1 saturated heterocycles. The molecule has 1 saturated carbocycles. The summed E-state index contributed by atoms with van der Waals surface area (Å²) in [6.07, 6.45) is 2.62. The molecule has 0 aromatic rings. The summed E-state index contributed by atoms with van der Waals surface area (Å²) in [6.45, 7) is 7.95. The van der Waals surface area contributed by atoms with Gasteiger partial charge in [-0.05, 0) is 51.9 Å². The first-order valence-electron chi connectivity index (χ1n) is 8.83. The van der Waals surface area contributed by atoms with Crippen LogP contribution in [0.2, 0.25) is 0 Å². The van der Waals surface area contributed by atoms with E-state index in [1.165, 1.54) is 0 Å². The SMILES string of the molecule is CC1(CC(N)C(=O)NN(CC2CCNC2=O)C(=O)OC(C)(C)C)CC1. The van der Waals surface area contributed by atoms with E-state index in [-0.39, 0.29) is 23.8 Å². The second-order valence-electron chi connectivity index (χ2n) is 8.46. The normalized spacial score (nSPS) is 22.8. The minimum absolute atomic E-state index is 0.0659. The van der Waals surface area contributed by atoms with Gasteiger partial charge in [-0.25, -0.2) is 9.80 Å². The number of nitrogens with two attached hydrogens (primary N) is 1. The molecule has 1 heterocycles. The van der Waals surface area contributed by atoms with Crippen molar-refractivity contribution in [2.75, 3.05) is 13.1 Å². The van der Waals surface area contributed by atoms with E-state index in [4.69, 9.17) is 10.5 Å². The number of carbonyl (C=O) groups is 3. The molecular formula is C17H30N4O4. The molecular weight excluding hydrogens is 324 g/mol. The minimum atomic E-state index is -0.707. The van der Waals surface area contributed by atoms with Crippen molar-refractivity contribution in [2.45, 2.75) is 65.0 Å². The van der Waals surface area contributed by atoms with Crippen molar-refractivity contribution >= 4 is 17.9 Å². The molecule has 1 aliphatic heterocycles. The molecule has 2 rings (SSSR count). The molecule has 2 atom stereocenters. The van der Waals surface area contributed by atoms with E-state index in [9.17, 15) is 14.4 Å². The molecule has 2 unspecified atom stereocenters. The molecule has 0 aromatic carbocycles. The summed E-state index contributed by atoms with van der Waals surface area (Å²) < 4.78 is 5.34. The molecule has 142 valence electrons. The van der Waals surface area contributed by atoms with Crippen LogP contribution in [0.1, 0.15) is 53.4 Å². The van der Waals surface area contributed by atoms with E-state index >= 15 is 0 Å². The number of nitrogens with zero attached hydrogens (tertiary/aromatic N) is 1. The van der Waals surface area contributed by atoms with Gasteiger partial charge in [-0.1, -0.05) is 6.92 Å². The monoisotopic (exact) mass is 354 g/mol. The Balaban J connectivity index is 2.00. The standard InChI is InChI=1S/C17H30N4O4/c1-16(2,3)25-15(24)21(10-11-5-8-19-13(11)22)20-14(23)12(18)9-17(4)6-7-17/h11-12H,5-10,18H2,1-4H3,(H,19,22)(H,20,23). The van der Waals surface area contributed by atoms with Crippen molar-refractivity contribution in [2.24, 2.45) is 17.1 Å². The highest BCUT2D eigenvalue weighted by molar-refractivity contribution is 5.84. The van der Waals surface area contributed by atoms with Crippen molar-refractivity contribution in [1.29, 1.82) is 0 Å². The van der Waals surface area contributed by atoms with Crippen molar-refractivity contribution < 1.29 is 19.1 Å². The van der Waals surface area contributed by atoms with Gasteiger partial charge >= 0.3 is 6.09 Å². The Kier molecular flexibility index (Phi) is 5.61. The molecule has 8 heteroatoms. The molecule has 2 aliphatic rings. The van der Waals surface area contributed by atoms with Crippen LogP contribution in [0.4, 0.5) is 4.79 Å². The molecule has 0 radical (unpaired) electrons. The molecule has 2 fully saturated rings. The Bertz CT molecular complexity index is 539. The third kappa shape index (κ3) is 5.88. The van der Waals surface area contributed by atoms with Crippen LogP contribution in [0, 0.1) is 11.3 Å². The Morgan fingerprint density at radius 3 is 2.56 bits per heavy atom. The van der Waals surface area contributed by atoms with Crippen molar-refractivity contribution in [3.8, 4) is 0 Å². The fourth-order valence-corrected chi connectivity index (χ4v) is 2.78.